The van der Waals surface area contributed by atoms with Crippen molar-refractivity contribution in [2.45, 2.75) is 44.9 Å². The largest absolute Gasteiger partial charge is 0.319 e. The Morgan fingerprint density at radius 2 is 2.11 bits per heavy atom. The Labute approximate surface area is 110 Å². The fourth-order valence-electron chi connectivity index (χ4n) is 2.71. The molecule has 1 aromatic carbocycles. The molecule has 0 bridgehead atoms. The Balaban J connectivity index is 1.80. The Kier molecular flexibility index (Phi) is 3.67. The van der Waals surface area contributed by atoms with E-state index in [2.05, 4.69) is 48.8 Å². The lowest BCUT2D eigenvalue weighted by Crippen LogP contribution is -2.23. The molecule has 2 aliphatic rings. The van der Waals surface area contributed by atoms with Crippen LogP contribution < -0.4 is 0 Å². The van der Waals surface area contributed by atoms with Gasteiger partial charge in [-0.15, -0.1) is 0 Å². The van der Waals surface area contributed by atoms with Gasteiger partial charge in [0.05, 0.1) is 6.10 Å². The van der Waals surface area contributed by atoms with Crippen LogP contribution in [0.2, 0.25) is 0 Å². The molecule has 0 aromatic heterocycles. The smallest absolute Gasteiger partial charge is 0.260 e. The van der Waals surface area contributed by atoms with Gasteiger partial charge in [-0.2, -0.15) is 0 Å². The van der Waals surface area contributed by atoms with E-state index in [1.807, 2.05) is 0 Å². The van der Waals surface area contributed by atoms with E-state index in [0.717, 1.165) is 6.54 Å². The fraction of sp³-hybridized carbons (Fsp3) is 0.571. The van der Waals surface area contributed by atoms with Crippen LogP contribution in [0, 0.1) is 0 Å². The van der Waals surface area contributed by atoms with Crippen molar-refractivity contribution in [2.24, 2.45) is 0 Å². The summed E-state index contributed by atoms with van der Waals surface area (Å²) in [5.74, 6) is 0. The van der Waals surface area contributed by atoms with Gasteiger partial charge < -0.3 is 9.05 Å². The van der Waals surface area contributed by atoms with Gasteiger partial charge in [-0.3, -0.25) is 0 Å². The third kappa shape index (κ3) is 2.33. The highest BCUT2D eigenvalue weighted by atomic mass is 31.2. The lowest BCUT2D eigenvalue weighted by atomic mass is 10.0. The predicted molar refractivity (Wildman–Crippen MR) is 73.1 cm³/mol. The molecule has 2 fully saturated rings. The Hall–Kier alpha value is -0.470. The van der Waals surface area contributed by atoms with Gasteiger partial charge in [0.25, 0.3) is 8.53 Å². The third-order valence-electron chi connectivity index (χ3n) is 3.46. The summed E-state index contributed by atoms with van der Waals surface area (Å²) in [4.78, 5) is 0. The molecular formula is C14H20NO2P. The second kappa shape index (κ2) is 5.26. The lowest BCUT2D eigenvalue weighted by molar-refractivity contribution is 0.174. The van der Waals surface area contributed by atoms with Crippen LogP contribution in [0.5, 0.6) is 0 Å². The van der Waals surface area contributed by atoms with Gasteiger partial charge in [-0.1, -0.05) is 30.3 Å². The van der Waals surface area contributed by atoms with E-state index in [-0.39, 0.29) is 12.2 Å². The molecule has 3 atom stereocenters. The van der Waals surface area contributed by atoms with Crippen LogP contribution >= 0.6 is 8.53 Å². The van der Waals surface area contributed by atoms with Crippen molar-refractivity contribution in [1.82, 2.24) is 4.67 Å². The van der Waals surface area contributed by atoms with Gasteiger partial charge in [0, 0.05) is 12.6 Å². The first kappa shape index (κ1) is 12.6. The molecule has 2 aliphatic heterocycles. The normalized spacial score (nSPS) is 32.1. The molecule has 3 nitrogen and oxygen atoms in total. The SMILES string of the molecule is CC(C)O[P@]1O[C@H](c2ccccc2)[C@@H]2CCCN21. The molecule has 2 saturated heterocycles. The molecule has 98 valence electrons. The van der Waals surface area contributed by atoms with Crippen LogP contribution in [-0.4, -0.2) is 23.4 Å². The molecule has 0 unspecified atom stereocenters. The predicted octanol–water partition coefficient (Wildman–Crippen LogP) is 3.87. The second-order valence-corrected chi connectivity index (χ2v) is 6.61. The first-order chi connectivity index (χ1) is 8.75. The van der Waals surface area contributed by atoms with E-state index in [0.29, 0.717) is 6.04 Å². The highest BCUT2D eigenvalue weighted by Crippen LogP contribution is 2.60. The summed E-state index contributed by atoms with van der Waals surface area (Å²) in [6, 6.07) is 11.1. The first-order valence-corrected chi connectivity index (χ1v) is 7.84. The van der Waals surface area contributed by atoms with Gasteiger partial charge in [0.15, 0.2) is 0 Å². The van der Waals surface area contributed by atoms with E-state index in [1.165, 1.54) is 18.4 Å². The summed E-state index contributed by atoms with van der Waals surface area (Å²) in [6.07, 6.45) is 2.91. The van der Waals surface area contributed by atoms with Crippen LogP contribution in [-0.2, 0) is 9.05 Å². The zero-order valence-corrected chi connectivity index (χ0v) is 11.8. The number of rotatable bonds is 3. The first-order valence-electron chi connectivity index (χ1n) is 6.71. The summed E-state index contributed by atoms with van der Waals surface area (Å²) >= 11 is 0. The standard InChI is InChI=1S/C14H20NO2P/c1-11(2)16-18-15-10-6-9-13(15)14(17-18)12-7-4-3-5-8-12/h3-5,7-8,11,13-14H,6,9-10H2,1-2H3/t13-,14+,18+/m0/s1. The van der Waals surface area contributed by atoms with Gasteiger partial charge in [0.2, 0.25) is 0 Å². The van der Waals surface area contributed by atoms with Crippen molar-refractivity contribution in [1.29, 1.82) is 0 Å². The minimum absolute atomic E-state index is 0.193. The summed E-state index contributed by atoms with van der Waals surface area (Å²) < 4.78 is 14.6. The number of fused-ring (bicyclic) bond motifs is 1. The van der Waals surface area contributed by atoms with E-state index in [1.54, 1.807) is 0 Å². The van der Waals surface area contributed by atoms with Crippen LogP contribution in [0.1, 0.15) is 38.4 Å². The molecule has 0 saturated carbocycles. The molecule has 4 heteroatoms. The molecule has 0 aliphatic carbocycles. The number of nitrogens with zero attached hydrogens (tertiary/aromatic N) is 1. The number of benzene rings is 1. The van der Waals surface area contributed by atoms with Gasteiger partial charge in [0.1, 0.15) is 6.10 Å². The van der Waals surface area contributed by atoms with E-state index in [9.17, 15) is 0 Å². The molecule has 18 heavy (non-hydrogen) atoms. The van der Waals surface area contributed by atoms with Crippen molar-refractivity contribution in [2.75, 3.05) is 6.54 Å². The fourth-order valence-corrected chi connectivity index (χ4v) is 4.60. The highest BCUT2D eigenvalue weighted by molar-refractivity contribution is 7.44. The minimum Gasteiger partial charge on any atom is -0.319 e. The zero-order valence-electron chi connectivity index (χ0n) is 11.0. The summed E-state index contributed by atoms with van der Waals surface area (Å²) in [5.41, 5.74) is 1.28. The van der Waals surface area contributed by atoms with Crippen molar-refractivity contribution in [3.63, 3.8) is 0 Å². The average molecular weight is 265 g/mol. The maximum atomic E-state index is 6.19. The van der Waals surface area contributed by atoms with Crippen molar-refractivity contribution < 1.29 is 9.05 Å². The molecule has 0 spiro atoms. The molecular weight excluding hydrogens is 245 g/mol. The highest BCUT2D eigenvalue weighted by Gasteiger charge is 2.47. The van der Waals surface area contributed by atoms with Crippen LogP contribution in [0.25, 0.3) is 0 Å². The summed E-state index contributed by atoms with van der Waals surface area (Å²) in [5, 5.41) is 0. The van der Waals surface area contributed by atoms with Gasteiger partial charge >= 0.3 is 0 Å². The molecule has 2 heterocycles. The lowest BCUT2D eigenvalue weighted by Gasteiger charge is -2.21. The quantitative estimate of drug-likeness (QED) is 0.774. The maximum Gasteiger partial charge on any atom is 0.260 e. The van der Waals surface area contributed by atoms with Crippen molar-refractivity contribution in [3.05, 3.63) is 35.9 Å². The summed E-state index contributed by atoms with van der Waals surface area (Å²) in [7, 11) is -0.855. The molecule has 0 radical (unpaired) electrons. The van der Waals surface area contributed by atoms with Crippen LogP contribution in [0.3, 0.4) is 0 Å². The van der Waals surface area contributed by atoms with Gasteiger partial charge in [-0.05, 0) is 32.3 Å². The van der Waals surface area contributed by atoms with Crippen molar-refractivity contribution >= 4 is 8.53 Å². The summed E-state index contributed by atoms with van der Waals surface area (Å²) in [6.45, 7) is 5.27. The number of hydrogen-bond donors (Lipinski definition) is 0. The maximum absolute atomic E-state index is 6.19. The molecule has 0 amide bonds. The Morgan fingerprint density at radius 1 is 1.33 bits per heavy atom. The molecule has 0 N–H and O–H groups in total. The van der Waals surface area contributed by atoms with E-state index in [4.69, 9.17) is 9.05 Å². The van der Waals surface area contributed by atoms with E-state index < -0.39 is 8.53 Å². The van der Waals surface area contributed by atoms with Crippen LogP contribution in [0.15, 0.2) is 30.3 Å². The molecule has 1 aromatic rings. The Bertz CT molecular complexity index is 398. The minimum atomic E-state index is -0.855. The topological polar surface area (TPSA) is 21.7 Å². The second-order valence-electron chi connectivity index (χ2n) is 5.20. The third-order valence-corrected chi connectivity index (χ3v) is 5.39. The molecule has 3 rings (SSSR count). The average Bonchev–Trinajstić information content (AvgIpc) is 2.93. The van der Waals surface area contributed by atoms with E-state index >= 15 is 0 Å². The van der Waals surface area contributed by atoms with Crippen molar-refractivity contribution in [3.8, 4) is 0 Å². The monoisotopic (exact) mass is 265 g/mol. The van der Waals surface area contributed by atoms with Gasteiger partial charge in [-0.25, -0.2) is 4.67 Å². The Morgan fingerprint density at radius 3 is 2.83 bits per heavy atom. The van der Waals surface area contributed by atoms with Crippen LogP contribution in [0.4, 0.5) is 0 Å². The number of hydrogen-bond acceptors (Lipinski definition) is 3. The zero-order chi connectivity index (χ0) is 12.5.